The molecule has 3 aromatic heterocycles. The van der Waals surface area contributed by atoms with Crippen molar-refractivity contribution in [2.45, 2.75) is 26.4 Å². The molecular formula is C18H18N4OS. The van der Waals surface area contributed by atoms with Crippen LogP contribution in [0.15, 0.2) is 40.6 Å². The second-order valence-corrected chi connectivity index (χ2v) is 7.10. The smallest absolute Gasteiger partial charge is 0.254 e. The minimum Gasteiger partial charge on any atom is -0.305 e. The van der Waals surface area contributed by atoms with Crippen molar-refractivity contribution in [3.8, 4) is 11.5 Å². The fraction of sp³-hybridized carbons (Fsp3) is 0.278. The van der Waals surface area contributed by atoms with Gasteiger partial charge in [0.2, 0.25) is 0 Å². The normalized spacial score (nSPS) is 14.5. The maximum Gasteiger partial charge on any atom is 0.254 e. The van der Waals surface area contributed by atoms with Gasteiger partial charge in [-0.2, -0.15) is 0 Å². The Labute approximate surface area is 144 Å². The number of aryl methyl sites for hydroxylation is 1. The highest BCUT2D eigenvalue weighted by molar-refractivity contribution is 7.10. The molecule has 122 valence electrons. The highest BCUT2D eigenvalue weighted by atomic mass is 32.1. The number of hydrogen-bond donors (Lipinski definition) is 1. The molecule has 0 spiro atoms. The van der Waals surface area contributed by atoms with Gasteiger partial charge in [-0.15, -0.1) is 11.3 Å². The van der Waals surface area contributed by atoms with Crippen molar-refractivity contribution in [3.63, 3.8) is 0 Å². The molecular weight excluding hydrogens is 320 g/mol. The Balaban J connectivity index is 1.62. The van der Waals surface area contributed by atoms with Crippen LogP contribution in [0.4, 0.5) is 0 Å². The van der Waals surface area contributed by atoms with Gasteiger partial charge in [-0.05, 0) is 42.5 Å². The fourth-order valence-corrected chi connectivity index (χ4v) is 3.96. The zero-order chi connectivity index (χ0) is 16.5. The molecule has 0 saturated carbocycles. The topological polar surface area (TPSA) is 61.9 Å². The van der Waals surface area contributed by atoms with Crippen molar-refractivity contribution >= 4 is 11.3 Å². The minimum absolute atomic E-state index is 0.0349. The molecule has 1 aliphatic heterocycles. The summed E-state index contributed by atoms with van der Waals surface area (Å²) < 4.78 is 0. The molecule has 1 N–H and O–H groups in total. The quantitative estimate of drug-likeness (QED) is 0.798. The first-order chi connectivity index (χ1) is 11.7. The minimum atomic E-state index is -0.0349. The average Bonchev–Trinajstić information content (AvgIpc) is 3.00. The highest BCUT2D eigenvalue weighted by Gasteiger charge is 2.22. The van der Waals surface area contributed by atoms with Crippen molar-refractivity contribution in [1.29, 1.82) is 0 Å². The standard InChI is InChI=1S/C18H18N4OS/c1-12-8-13(24-11-12)9-22-7-5-14-16(10-22)20-17(21-18(14)23)15-4-2-3-6-19-15/h2-4,6,8,11H,5,7,9-10H2,1H3,(H,20,21,23). The lowest BCUT2D eigenvalue weighted by Gasteiger charge is -2.27. The van der Waals surface area contributed by atoms with Crippen LogP contribution in [-0.4, -0.2) is 26.4 Å². The van der Waals surface area contributed by atoms with Crippen LogP contribution in [-0.2, 0) is 19.5 Å². The summed E-state index contributed by atoms with van der Waals surface area (Å²) in [7, 11) is 0. The number of thiophene rings is 1. The summed E-state index contributed by atoms with van der Waals surface area (Å²) in [4.78, 5) is 27.9. The van der Waals surface area contributed by atoms with E-state index in [-0.39, 0.29) is 5.56 Å². The van der Waals surface area contributed by atoms with Crippen LogP contribution in [0.5, 0.6) is 0 Å². The van der Waals surface area contributed by atoms with Crippen LogP contribution in [0.3, 0.4) is 0 Å². The van der Waals surface area contributed by atoms with Gasteiger partial charge in [0, 0.05) is 36.3 Å². The number of fused-ring (bicyclic) bond motifs is 1. The first-order valence-electron chi connectivity index (χ1n) is 7.99. The number of pyridine rings is 1. The molecule has 5 nitrogen and oxygen atoms in total. The second-order valence-electron chi connectivity index (χ2n) is 6.11. The number of aromatic amines is 1. The molecule has 0 unspecified atom stereocenters. The Morgan fingerprint density at radius 2 is 2.29 bits per heavy atom. The Kier molecular flexibility index (Phi) is 4.00. The molecule has 0 fully saturated rings. The molecule has 0 amide bonds. The molecule has 3 aromatic rings. The highest BCUT2D eigenvalue weighted by Crippen LogP contribution is 2.21. The Hall–Kier alpha value is -2.31. The predicted molar refractivity (Wildman–Crippen MR) is 95.0 cm³/mol. The largest absolute Gasteiger partial charge is 0.305 e. The van der Waals surface area contributed by atoms with Crippen molar-refractivity contribution in [3.05, 3.63) is 67.9 Å². The molecule has 1 aliphatic rings. The van der Waals surface area contributed by atoms with Gasteiger partial charge >= 0.3 is 0 Å². The van der Waals surface area contributed by atoms with Gasteiger partial charge < -0.3 is 4.98 Å². The molecule has 0 aromatic carbocycles. The predicted octanol–water partition coefficient (Wildman–Crippen LogP) is 2.76. The van der Waals surface area contributed by atoms with E-state index < -0.39 is 0 Å². The third-order valence-corrected chi connectivity index (χ3v) is 5.26. The Morgan fingerprint density at radius 3 is 3.04 bits per heavy atom. The summed E-state index contributed by atoms with van der Waals surface area (Å²) in [6.07, 6.45) is 2.45. The van der Waals surface area contributed by atoms with Gasteiger partial charge in [0.1, 0.15) is 5.69 Å². The zero-order valence-electron chi connectivity index (χ0n) is 13.5. The average molecular weight is 338 g/mol. The third kappa shape index (κ3) is 3.02. The molecule has 4 heterocycles. The first kappa shape index (κ1) is 15.2. The number of rotatable bonds is 3. The Bertz CT molecular complexity index is 916. The molecule has 4 rings (SSSR count). The summed E-state index contributed by atoms with van der Waals surface area (Å²) in [5.41, 5.74) is 3.65. The van der Waals surface area contributed by atoms with Crippen LogP contribution in [0.2, 0.25) is 0 Å². The number of aromatic nitrogens is 3. The van der Waals surface area contributed by atoms with Gasteiger partial charge in [0.25, 0.3) is 5.56 Å². The van der Waals surface area contributed by atoms with E-state index in [9.17, 15) is 4.79 Å². The van der Waals surface area contributed by atoms with Crippen molar-refractivity contribution in [1.82, 2.24) is 19.9 Å². The van der Waals surface area contributed by atoms with Gasteiger partial charge in [-0.3, -0.25) is 14.7 Å². The molecule has 0 bridgehead atoms. The van der Waals surface area contributed by atoms with Crippen LogP contribution in [0.1, 0.15) is 21.7 Å². The van der Waals surface area contributed by atoms with E-state index >= 15 is 0 Å². The van der Waals surface area contributed by atoms with Gasteiger partial charge in [0.15, 0.2) is 5.82 Å². The summed E-state index contributed by atoms with van der Waals surface area (Å²) in [6.45, 7) is 4.62. The van der Waals surface area contributed by atoms with Gasteiger partial charge in [-0.25, -0.2) is 4.98 Å². The lowest BCUT2D eigenvalue weighted by molar-refractivity contribution is 0.242. The van der Waals surface area contributed by atoms with E-state index in [2.05, 4.69) is 38.2 Å². The number of H-pyrrole nitrogens is 1. The zero-order valence-corrected chi connectivity index (χ0v) is 14.3. The summed E-state index contributed by atoms with van der Waals surface area (Å²) in [5, 5.41) is 2.18. The van der Waals surface area contributed by atoms with E-state index in [1.807, 2.05) is 18.2 Å². The van der Waals surface area contributed by atoms with Crippen LogP contribution < -0.4 is 5.56 Å². The lowest BCUT2D eigenvalue weighted by atomic mass is 10.1. The van der Waals surface area contributed by atoms with E-state index in [0.29, 0.717) is 18.1 Å². The first-order valence-corrected chi connectivity index (χ1v) is 8.87. The SMILES string of the molecule is Cc1csc(CN2CCc3c(nc(-c4ccccn4)[nH]c3=O)C2)c1. The number of nitrogens with zero attached hydrogens (tertiary/aromatic N) is 3. The summed E-state index contributed by atoms with van der Waals surface area (Å²) >= 11 is 1.79. The van der Waals surface area contributed by atoms with E-state index in [0.717, 1.165) is 30.8 Å². The third-order valence-electron chi connectivity index (χ3n) is 4.22. The van der Waals surface area contributed by atoms with Crippen molar-refractivity contribution in [2.24, 2.45) is 0 Å². The molecule has 0 aliphatic carbocycles. The van der Waals surface area contributed by atoms with E-state index in [1.54, 1.807) is 17.5 Å². The summed E-state index contributed by atoms with van der Waals surface area (Å²) in [5.74, 6) is 0.549. The number of nitrogens with one attached hydrogen (secondary N) is 1. The second kappa shape index (κ2) is 6.30. The maximum atomic E-state index is 12.4. The number of hydrogen-bond acceptors (Lipinski definition) is 5. The van der Waals surface area contributed by atoms with Crippen LogP contribution in [0.25, 0.3) is 11.5 Å². The van der Waals surface area contributed by atoms with Crippen LogP contribution in [0, 0.1) is 6.92 Å². The monoisotopic (exact) mass is 338 g/mol. The Morgan fingerprint density at radius 1 is 1.38 bits per heavy atom. The van der Waals surface area contributed by atoms with Crippen molar-refractivity contribution in [2.75, 3.05) is 6.54 Å². The molecule has 0 saturated heterocycles. The lowest BCUT2D eigenvalue weighted by Crippen LogP contribution is -2.34. The van der Waals surface area contributed by atoms with Crippen molar-refractivity contribution < 1.29 is 0 Å². The molecule has 0 radical (unpaired) electrons. The fourth-order valence-electron chi connectivity index (χ4n) is 3.05. The van der Waals surface area contributed by atoms with E-state index in [4.69, 9.17) is 0 Å². The summed E-state index contributed by atoms with van der Waals surface area (Å²) in [6, 6.07) is 7.84. The van der Waals surface area contributed by atoms with E-state index in [1.165, 1.54) is 10.4 Å². The maximum absolute atomic E-state index is 12.4. The van der Waals surface area contributed by atoms with Crippen LogP contribution >= 0.6 is 11.3 Å². The molecule has 0 atom stereocenters. The molecule has 6 heteroatoms. The van der Waals surface area contributed by atoms with Gasteiger partial charge in [0.05, 0.1) is 5.69 Å². The molecule has 24 heavy (non-hydrogen) atoms. The van der Waals surface area contributed by atoms with Gasteiger partial charge in [-0.1, -0.05) is 6.07 Å².